The fraction of sp³-hybridized carbons (Fsp3) is 0.200. The molecule has 4 rings (SSSR count). The zero-order valence-corrected chi connectivity index (χ0v) is 20.3. The minimum absolute atomic E-state index is 0.0497. The molecular weight excluding hydrogens is 470 g/mol. The van der Waals surface area contributed by atoms with Crippen LogP contribution in [0.2, 0.25) is 0 Å². The van der Waals surface area contributed by atoms with Gasteiger partial charge in [-0.1, -0.05) is 12.1 Å². The molecule has 10 heteroatoms. The molecule has 1 heterocycles. The van der Waals surface area contributed by atoms with E-state index in [0.717, 1.165) is 5.56 Å². The number of sulfonamides is 1. The third kappa shape index (κ3) is 4.92. The molecule has 9 nitrogen and oxygen atoms in total. The Hall–Kier alpha value is -4.05. The molecule has 182 valence electrons. The predicted molar refractivity (Wildman–Crippen MR) is 133 cm³/mol. The number of methoxy groups -OCH3 is 2. The Labute approximate surface area is 203 Å². The second kappa shape index (κ2) is 9.67. The van der Waals surface area contributed by atoms with Gasteiger partial charge in [0.05, 0.1) is 36.1 Å². The minimum atomic E-state index is -4.00. The van der Waals surface area contributed by atoms with Gasteiger partial charge in [-0.3, -0.25) is 14.3 Å². The molecule has 35 heavy (non-hydrogen) atoms. The molecule has 0 fully saturated rings. The summed E-state index contributed by atoms with van der Waals surface area (Å²) in [6.07, 6.45) is 0.570. The topological polar surface area (TPSA) is 114 Å². The molecule has 0 unspecified atom stereocenters. The highest BCUT2D eigenvalue weighted by molar-refractivity contribution is 7.92. The van der Waals surface area contributed by atoms with Gasteiger partial charge >= 0.3 is 0 Å². The molecule has 3 aromatic rings. The van der Waals surface area contributed by atoms with Crippen LogP contribution in [-0.2, 0) is 21.2 Å². The lowest BCUT2D eigenvalue weighted by atomic mass is 10.1. The molecule has 0 spiro atoms. The van der Waals surface area contributed by atoms with Crippen LogP contribution in [0.15, 0.2) is 65.6 Å². The van der Waals surface area contributed by atoms with Crippen molar-refractivity contribution in [3.05, 3.63) is 71.8 Å². The molecule has 0 atom stereocenters. The average molecular weight is 496 g/mol. The van der Waals surface area contributed by atoms with E-state index in [4.69, 9.17) is 9.47 Å². The predicted octanol–water partition coefficient (Wildman–Crippen LogP) is 3.67. The molecule has 2 amide bonds. The lowest BCUT2D eigenvalue weighted by Crippen LogP contribution is -2.25. The van der Waals surface area contributed by atoms with E-state index in [-0.39, 0.29) is 22.1 Å². The number of anilines is 3. The Kier molecular flexibility index (Phi) is 6.65. The number of carbonyl (C=O) groups excluding carboxylic acids is 2. The third-order valence-corrected chi connectivity index (χ3v) is 7.07. The van der Waals surface area contributed by atoms with Crippen LogP contribution in [0.1, 0.15) is 22.8 Å². The number of rotatable bonds is 7. The van der Waals surface area contributed by atoms with Gasteiger partial charge in [0.1, 0.15) is 11.5 Å². The van der Waals surface area contributed by atoms with E-state index in [9.17, 15) is 18.0 Å². The number of benzene rings is 3. The Morgan fingerprint density at radius 3 is 2.43 bits per heavy atom. The number of hydrogen-bond acceptors (Lipinski definition) is 6. The van der Waals surface area contributed by atoms with E-state index in [0.29, 0.717) is 35.8 Å². The first-order chi connectivity index (χ1) is 16.7. The summed E-state index contributed by atoms with van der Waals surface area (Å²) >= 11 is 0. The summed E-state index contributed by atoms with van der Waals surface area (Å²) in [5, 5.41) is 2.75. The van der Waals surface area contributed by atoms with Crippen LogP contribution < -0.4 is 24.4 Å². The number of nitrogens with zero attached hydrogens (tertiary/aromatic N) is 1. The standard InChI is InChI=1S/C25H25N3O6S/c1-16(29)28-13-12-17-14-19(9-11-23(17)28)35(31,32)27-21-7-5-4-6-20(21)25(30)26-22-10-8-18(33-2)15-24(22)34-3/h4-11,14-15,27H,12-13H2,1-3H3,(H,26,30). The van der Waals surface area contributed by atoms with E-state index < -0.39 is 15.9 Å². The van der Waals surface area contributed by atoms with Crippen LogP contribution >= 0.6 is 0 Å². The quantitative estimate of drug-likeness (QED) is 0.517. The van der Waals surface area contributed by atoms with Crippen LogP contribution in [0.4, 0.5) is 17.1 Å². The lowest BCUT2D eigenvalue weighted by molar-refractivity contribution is -0.116. The van der Waals surface area contributed by atoms with Crippen molar-refractivity contribution in [3.8, 4) is 11.5 Å². The summed E-state index contributed by atoms with van der Waals surface area (Å²) < 4.78 is 39.3. The maximum atomic E-state index is 13.2. The molecule has 1 aliphatic rings. The highest BCUT2D eigenvalue weighted by atomic mass is 32.2. The normalized spacial score (nSPS) is 12.6. The van der Waals surface area contributed by atoms with Gasteiger partial charge < -0.3 is 19.7 Å². The SMILES string of the molecule is COc1ccc(NC(=O)c2ccccc2NS(=O)(=O)c2ccc3c(c2)CCN3C(C)=O)c(OC)c1. The van der Waals surface area contributed by atoms with Gasteiger partial charge in [-0.05, 0) is 54.4 Å². The Morgan fingerprint density at radius 2 is 1.71 bits per heavy atom. The van der Waals surface area contributed by atoms with Gasteiger partial charge in [-0.25, -0.2) is 8.42 Å². The molecule has 2 N–H and O–H groups in total. The van der Waals surface area contributed by atoms with E-state index in [1.165, 1.54) is 39.3 Å². The number of fused-ring (bicyclic) bond motifs is 1. The van der Waals surface area contributed by atoms with Crippen LogP contribution in [-0.4, -0.2) is 41.0 Å². The molecule has 0 aliphatic carbocycles. The number of hydrogen-bond donors (Lipinski definition) is 2. The van der Waals surface area contributed by atoms with Gasteiger partial charge in [0.25, 0.3) is 15.9 Å². The van der Waals surface area contributed by atoms with Crippen molar-refractivity contribution in [2.24, 2.45) is 0 Å². The summed E-state index contributed by atoms with van der Waals surface area (Å²) in [4.78, 5) is 26.5. The van der Waals surface area contributed by atoms with Crippen molar-refractivity contribution in [2.45, 2.75) is 18.2 Å². The van der Waals surface area contributed by atoms with Crippen molar-refractivity contribution < 1.29 is 27.5 Å². The smallest absolute Gasteiger partial charge is 0.261 e. The van der Waals surface area contributed by atoms with E-state index in [2.05, 4.69) is 10.0 Å². The monoisotopic (exact) mass is 495 g/mol. The fourth-order valence-corrected chi connectivity index (χ4v) is 5.07. The summed E-state index contributed by atoms with van der Waals surface area (Å²) in [5.41, 5.74) is 2.16. The van der Waals surface area contributed by atoms with Crippen molar-refractivity contribution in [2.75, 3.05) is 35.7 Å². The Bertz CT molecular complexity index is 1400. The number of amides is 2. The summed E-state index contributed by atoms with van der Waals surface area (Å²) in [7, 11) is -1.00. The fourth-order valence-electron chi connectivity index (χ4n) is 3.94. The second-order valence-electron chi connectivity index (χ2n) is 7.88. The zero-order valence-electron chi connectivity index (χ0n) is 19.5. The molecule has 0 saturated heterocycles. The minimum Gasteiger partial charge on any atom is -0.497 e. The second-order valence-corrected chi connectivity index (χ2v) is 9.56. The Morgan fingerprint density at radius 1 is 0.943 bits per heavy atom. The lowest BCUT2D eigenvalue weighted by Gasteiger charge is -2.16. The van der Waals surface area contributed by atoms with Gasteiger partial charge in [-0.15, -0.1) is 0 Å². The largest absolute Gasteiger partial charge is 0.497 e. The molecule has 0 radical (unpaired) electrons. The molecule has 0 saturated carbocycles. The first-order valence-corrected chi connectivity index (χ1v) is 12.3. The number of carbonyl (C=O) groups is 2. The van der Waals surface area contributed by atoms with E-state index in [1.807, 2.05) is 0 Å². The zero-order chi connectivity index (χ0) is 25.2. The van der Waals surface area contributed by atoms with Gasteiger partial charge in [0.15, 0.2) is 0 Å². The van der Waals surface area contributed by atoms with E-state index in [1.54, 1.807) is 47.4 Å². The molecule has 0 bridgehead atoms. The number of nitrogens with one attached hydrogen (secondary N) is 2. The van der Waals surface area contributed by atoms with Crippen LogP contribution in [0, 0.1) is 0 Å². The maximum absolute atomic E-state index is 13.2. The Balaban J connectivity index is 1.59. The molecule has 0 aromatic heterocycles. The summed E-state index contributed by atoms with van der Waals surface area (Å²) in [6, 6.07) is 15.9. The average Bonchev–Trinajstić information content (AvgIpc) is 3.28. The van der Waals surface area contributed by atoms with Crippen LogP contribution in [0.5, 0.6) is 11.5 Å². The molecule has 3 aromatic carbocycles. The first kappa shape index (κ1) is 24.1. The third-order valence-electron chi connectivity index (χ3n) is 5.71. The highest BCUT2D eigenvalue weighted by Gasteiger charge is 2.25. The van der Waals surface area contributed by atoms with Gasteiger partial charge in [0, 0.05) is 25.2 Å². The van der Waals surface area contributed by atoms with E-state index >= 15 is 0 Å². The highest BCUT2D eigenvalue weighted by Crippen LogP contribution is 2.32. The maximum Gasteiger partial charge on any atom is 0.261 e. The number of ether oxygens (including phenoxy) is 2. The molecule has 1 aliphatic heterocycles. The van der Waals surface area contributed by atoms with Crippen LogP contribution in [0.25, 0.3) is 0 Å². The summed E-state index contributed by atoms with van der Waals surface area (Å²) in [5.74, 6) is 0.353. The van der Waals surface area contributed by atoms with Crippen molar-refractivity contribution in [1.82, 2.24) is 0 Å². The van der Waals surface area contributed by atoms with Crippen molar-refractivity contribution >= 4 is 38.9 Å². The van der Waals surface area contributed by atoms with Crippen molar-refractivity contribution in [1.29, 1.82) is 0 Å². The van der Waals surface area contributed by atoms with Gasteiger partial charge in [-0.2, -0.15) is 0 Å². The molecular formula is C25H25N3O6S. The first-order valence-electron chi connectivity index (χ1n) is 10.8. The number of para-hydroxylation sites is 1. The summed E-state index contributed by atoms with van der Waals surface area (Å²) in [6.45, 7) is 1.99. The van der Waals surface area contributed by atoms with Crippen LogP contribution in [0.3, 0.4) is 0 Å². The van der Waals surface area contributed by atoms with Gasteiger partial charge in [0.2, 0.25) is 5.91 Å². The van der Waals surface area contributed by atoms with Crippen molar-refractivity contribution in [3.63, 3.8) is 0 Å².